The van der Waals surface area contributed by atoms with Crippen molar-refractivity contribution in [1.82, 2.24) is 5.32 Å². The van der Waals surface area contributed by atoms with Crippen molar-refractivity contribution in [2.24, 2.45) is 0 Å². The Kier molecular flexibility index (Phi) is 3.79. The maximum absolute atomic E-state index is 5.53. The Labute approximate surface area is 86.2 Å². The van der Waals surface area contributed by atoms with Gasteiger partial charge in [0.05, 0.1) is 12.7 Å². The van der Waals surface area contributed by atoms with Crippen molar-refractivity contribution in [3.05, 3.63) is 0 Å². The molecule has 3 atom stereocenters. The van der Waals surface area contributed by atoms with E-state index in [0.717, 1.165) is 32.7 Å². The van der Waals surface area contributed by atoms with E-state index in [1.54, 1.807) is 0 Å². The average molecular weight is 199 g/mol. The van der Waals surface area contributed by atoms with Crippen LogP contribution >= 0.6 is 0 Å². The molecular formula is C11H21NO2. The molecule has 0 aromatic rings. The molecule has 3 heteroatoms. The Bertz CT molecular complexity index is 169. The SMILES string of the molecule is CC1CC(N[C@@H]2CCCOC2)CCO1. The maximum atomic E-state index is 5.53. The fourth-order valence-electron chi connectivity index (χ4n) is 2.35. The summed E-state index contributed by atoms with van der Waals surface area (Å²) in [5.41, 5.74) is 0. The van der Waals surface area contributed by atoms with Gasteiger partial charge in [-0.05, 0) is 32.6 Å². The zero-order valence-electron chi connectivity index (χ0n) is 9.00. The molecule has 0 aliphatic carbocycles. The van der Waals surface area contributed by atoms with Crippen LogP contribution in [0.15, 0.2) is 0 Å². The molecule has 1 N–H and O–H groups in total. The van der Waals surface area contributed by atoms with Crippen LogP contribution in [0.2, 0.25) is 0 Å². The number of nitrogens with one attached hydrogen (secondary N) is 1. The van der Waals surface area contributed by atoms with E-state index in [0.29, 0.717) is 18.2 Å². The lowest BCUT2D eigenvalue weighted by molar-refractivity contribution is 0.00266. The monoisotopic (exact) mass is 199 g/mol. The van der Waals surface area contributed by atoms with E-state index in [1.807, 2.05) is 0 Å². The molecule has 2 unspecified atom stereocenters. The summed E-state index contributed by atoms with van der Waals surface area (Å²) in [6, 6.07) is 1.23. The van der Waals surface area contributed by atoms with E-state index in [-0.39, 0.29) is 0 Å². The van der Waals surface area contributed by atoms with Crippen molar-refractivity contribution in [2.75, 3.05) is 19.8 Å². The lowest BCUT2D eigenvalue weighted by atomic mass is 10.0. The Hall–Kier alpha value is -0.120. The molecule has 0 saturated carbocycles. The summed E-state index contributed by atoms with van der Waals surface area (Å²) in [5.74, 6) is 0. The summed E-state index contributed by atoms with van der Waals surface area (Å²) in [7, 11) is 0. The first-order valence-electron chi connectivity index (χ1n) is 5.80. The van der Waals surface area contributed by atoms with E-state index in [9.17, 15) is 0 Å². The third-order valence-corrected chi connectivity index (χ3v) is 3.12. The fourth-order valence-corrected chi connectivity index (χ4v) is 2.35. The smallest absolute Gasteiger partial charge is 0.0619 e. The second-order valence-electron chi connectivity index (χ2n) is 4.48. The van der Waals surface area contributed by atoms with Gasteiger partial charge < -0.3 is 14.8 Å². The van der Waals surface area contributed by atoms with E-state index in [2.05, 4.69) is 12.2 Å². The van der Waals surface area contributed by atoms with E-state index in [4.69, 9.17) is 9.47 Å². The van der Waals surface area contributed by atoms with Gasteiger partial charge in [-0.1, -0.05) is 0 Å². The highest BCUT2D eigenvalue weighted by molar-refractivity contribution is 4.80. The fraction of sp³-hybridized carbons (Fsp3) is 1.00. The lowest BCUT2D eigenvalue weighted by Crippen LogP contribution is -2.46. The molecule has 2 fully saturated rings. The molecule has 2 aliphatic rings. The number of hydrogen-bond acceptors (Lipinski definition) is 3. The van der Waals surface area contributed by atoms with Gasteiger partial charge in [-0.15, -0.1) is 0 Å². The van der Waals surface area contributed by atoms with Crippen molar-refractivity contribution in [3.63, 3.8) is 0 Å². The van der Waals surface area contributed by atoms with Crippen LogP contribution in [0.5, 0.6) is 0 Å². The maximum Gasteiger partial charge on any atom is 0.0619 e. The highest BCUT2D eigenvalue weighted by Crippen LogP contribution is 2.15. The normalized spacial score (nSPS) is 39.6. The third kappa shape index (κ3) is 2.94. The molecule has 0 aromatic carbocycles. The van der Waals surface area contributed by atoms with Crippen molar-refractivity contribution >= 4 is 0 Å². The van der Waals surface area contributed by atoms with Gasteiger partial charge in [0.2, 0.25) is 0 Å². The van der Waals surface area contributed by atoms with Gasteiger partial charge in [-0.25, -0.2) is 0 Å². The molecule has 0 amide bonds. The predicted octanol–water partition coefficient (Wildman–Crippen LogP) is 1.32. The van der Waals surface area contributed by atoms with Gasteiger partial charge in [0.25, 0.3) is 0 Å². The molecule has 0 aromatic heterocycles. The molecule has 2 rings (SSSR count). The Morgan fingerprint density at radius 2 is 2.07 bits per heavy atom. The van der Waals surface area contributed by atoms with Crippen molar-refractivity contribution < 1.29 is 9.47 Å². The molecule has 14 heavy (non-hydrogen) atoms. The van der Waals surface area contributed by atoms with Crippen LogP contribution in [-0.4, -0.2) is 38.0 Å². The van der Waals surface area contributed by atoms with E-state index >= 15 is 0 Å². The summed E-state index contributed by atoms with van der Waals surface area (Å²) >= 11 is 0. The van der Waals surface area contributed by atoms with Crippen LogP contribution in [0.3, 0.4) is 0 Å². The predicted molar refractivity (Wildman–Crippen MR) is 55.4 cm³/mol. The highest BCUT2D eigenvalue weighted by atomic mass is 16.5. The minimum absolute atomic E-state index is 0.422. The molecule has 2 aliphatic heterocycles. The van der Waals surface area contributed by atoms with Crippen LogP contribution in [0, 0.1) is 0 Å². The zero-order valence-corrected chi connectivity index (χ0v) is 9.00. The van der Waals surface area contributed by atoms with Crippen molar-refractivity contribution in [1.29, 1.82) is 0 Å². The quantitative estimate of drug-likeness (QED) is 0.727. The van der Waals surface area contributed by atoms with Gasteiger partial charge in [0.1, 0.15) is 0 Å². The number of ether oxygens (including phenoxy) is 2. The van der Waals surface area contributed by atoms with Gasteiger partial charge >= 0.3 is 0 Å². The minimum atomic E-state index is 0.422. The lowest BCUT2D eigenvalue weighted by Gasteiger charge is -2.33. The molecule has 0 radical (unpaired) electrons. The van der Waals surface area contributed by atoms with Gasteiger partial charge in [-0.3, -0.25) is 0 Å². The second kappa shape index (κ2) is 5.10. The molecule has 2 heterocycles. The molecule has 3 nitrogen and oxygen atoms in total. The van der Waals surface area contributed by atoms with E-state index in [1.165, 1.54) is 12.8 Å². The number of rotatable bonds is 2. The largest absolute Gasteiger partial charge is 0.380 e. The van der Waals surface area contributed by atoms with Crippen LogP contribution in [-0.2, 0) is 9.47 Å². The van der Waals surface area contributed by atoms with Crippen LogP contribution < -0.4 is 5.32 Å². The van der Waals surface area contributed by atoms with Crippen LogP contribution in [0.25, 0.3) is 0 Å². The average Bonchev–Trinajstić information content (AvgIpc) is 2.19. The molecule has 0 spiro atoms. The summed E-state index contributed by atoms with van der Waals surface area (Å²) in [6.45, 7) is 4.91. The first-order chi connectivity index (χ1) is 6.84. The van der Waals surface area contributed by atoms with Crippen LogP contribution in [0.1, 0.15) is 32.6 Å². The first-order valence-corrected chi connectivity index (χ1v) is 5.80. The summed E-state index contributed by atoms with van der Waals surface area (Å²) in [5, 5.41) is 3.68. The topological polar surface area (TPSA) is 30.5 Å². The van der Waals surface area contributed by atoms with Crippen molar-refractivity contribution in [3.8, 4) is 0 Å². The second-order valence-corrected chi connectivity index (χ2v) is 4.48. The van der Waals surface area contributed by atoms with Crippen LogP contribution in [0.4, 0.5) is 0 Å². The summed E-state index contributed by atoms with van der Waals surface area (Å²) in [6.07, 6.45) is 5.20. The number of hydrogen-bond donors (Lipinski definition) is 1. The van der Waals surface area contributed by atoms with Gasteiger partial charge in [0, 0.05) is 25.3 Å². The Morgan fingerprint density at radius 3 is 2.79 bits per heavy atom. The summed E-state index contributed by atoms with van der Waals surface area (Å²) < 4.78 is 11.0. The van der Waals surface area contributed by atoms with Gasteiger partial charge in [-0.2, -0.15) is 0 Å². The first kappa shape index (κ1) is 10.4. The zero-order chi connectivity index (χ0) is 9.80. The van der Waals surface area contributed by atoms with E-state index < -0.39 is 0 Å². The molecule has 82 valence electrons. The standard InChI is InChI=1S/C11H21NO2/c1-9-7-10(4-6-14-9)12-11-3-2-5-13-8-11/h9-12H,2-8H2,1H3/t9?,10?,11-/m1/s1. The summed E-state index contributed by atoms with van der Waals surface area (Å²) in [4.78, 5) is 0. The molecule has 0 bridgehead atoms. The van der Waals surface area contributed by atoms with Crippen molar-refractivity contribution in [2.45, 2.75) is 50.8 Å². The van der Waals surface area contributed by atoms with Gasteiger partial charge in [0.15, 0.2) is 0 Å². The molecule has 2 saturated heterocycles. The highest BCUT2D eigenvalue weighted by Gasteiger charge is 2.23. The molecular weight excluding hydrogens is 178 g/mol. The minimum Gasteiger partial charge on any atom is -0.380 e. The third-order valence-electron chi connectivity index (χ3n) is 3.12. The Morgan fingerprint density at radius 1 is 1.14 bits per heavy atom. The Balaban J connectivity index is 1.72.